The molecule has 0 spiro atoms. The van der Waals surface area contributed by atoms with Crippen LogP contribution in [0.15, 0.2) is 60.7 Å². The second-order valence-electron chi connectivity index (χ2n) is 7.39. The molecule has 0 aliphatic carbocycles. The Labute approximate surface area is 172 Å². The number of likely N-dealkylation sites (N-methyl/N-ethyl adjacent to an activating group) is 1. The van der Waals surface area contributed by atoms with Crippen molar-refractivity contribution in [1.29, 1.82) is 0 Å². The summed E-state index contributed by atoms with van der Waals surface area (Å²) in [5.41, 5.74) is 9.51. The first-order valence-electron chi connectivity index (χ1n) is 9.72. The van der Waals surface area contributed by atoms with E-state index in [4.69, 9.17) is 10.5 Å². The van der Waals surface area contributed by atoms with Crippen LogP contribution in [0.3, 0.4) is 0 Å². The third-order valence-corrected chi connectivity index (χ3v) is 5.04. The Hall–Kier alpha value is -2.97. The van der Waals surface area contributed by atoms with Gasteiger partial charge in [-0.2, -0.15) is 0 Å². The van der Waals surface area contributed by atoms with Gasteiger partial charge >= 0.3 is 0 Å². The Bertz CT molecular complexity index is 811. The highest BCUT2D eigenvalue weighted by molar-refractivity contribution is 5.73. The number of nitrogens with zero attached hydrogens (tertiary/aromatic N) is 3. The summed E-state index contributed by atoms with van der Waals surface area (Å²) < 4.78 is 5.90. The maximum Gasteiger partial charge on any atom is 0.210 e. The standard InChI is InChI=1S/C21H31N7O/c1-15(16-5-6-19(26-12-16)27(2)3)11-18-20(25-8-7-24-18)21(22)29-14-17-13-23-9-10-28(17)4/h5-8,11-12,17,23-25H,1,9-10,13-14,22H2,2-4H3/b18-11+,21-20-/t17-/m0/s1. The number of allylic oxidation sites excluding steroid dienone is 2. The first kappa shape index (κ1) is 20.8. The number of ether oxygens (including phenoxy) is 1. The quantitative estimate of drug-likeness (QED) is 0.523. The molecule has 1 aromatic heterocycles. The molecule has 29 heavy (non-hydrogen) atoms. The number of pyridine rings is 1. The molecule has 8 nitrogen and oxygen atoms in total. The molecule has 1 atom stereocenters. The molecular weight excluding hydrogens is 366 g/mol. The minimum Gasteiger partial charge on any atom is -0.476 e. The fourth-order valence-electron chi connectivity index (χ4n) is 3.13. The van der Waals surface area contributed by atoms with Crippen LogP contribution in [0.25, 0.3) is 5.57 Å². The topological polar surface area (TPSA) is 90.7 Å². The van der Waals surface area contributed by atoms with Gasteiger partial charge in [0.25, 0.3) is 0 Å². The van der Waals surface area contributed by atoms with E-state index in [2.05, 4.69) is 39.5 Å². The number of piperazine rings is 1. The summed E-state index contributed by atoms with van der Waals surface area (Å²) in [5, 5.41) is 9.77. The van der Waals surface area contributed by atoms with Crippen LogP contribution in [-0.2, 0) is 4.74 Å². The van der Waals surface area contributed by atoms with Crippen LogP contribution in [0.5, 0.6) is 0 Å². The molecule has 156 valence electrons. The molecule has 5 N–H and O–H groups in total. The van der Waals surface area contributed by atoms with Gasteiger partial charge in [-0.1, -0.05) is 6.58 Å². The van der Waals surface area contributed by atoms with E-state index >= 15 is 0 Å². The Balaban J connectivity index is 1.72. The number of aromatic nitrogens is 1. The SMILES string of the molecule is C=C(/C=C1/NC=CN/C1=C(/N)OC[C@@H]1CNCCN1C)c1ccc(N(C)C)nc1. The minimum absolute atomic E-state index is 0.290. The molecule has 1 aromatic rings. The number of hydrogen-bond donors (Lipinski definition) is 4. The molecule has 1 fully saturated rings. The molecule has 2 aliphatic heterocycles. The molecule has 0 unspecified atom stereocenters. The van der Waals surface area contributed by atoms with Gasteiger partial charge in [-0.15, -0.1) is 0 Å². The van der Waals surface area contributed by atoms with Crippen molar-refractivity contribution in [2.75, 3.05) is 52.3 Å². The summed E-state index contributed by atoms with van der Waals surface area (Å²) in [4.78, 5) is 8.69. The summed E-state index contributed by atoms with van der Waals surface area (Å²) in [5.74, 6) is 1.25. The molecule has 1 saturated heterocycles. The second-order valence-corrected chi connectivity index (χ2v) is 7.39. The number of hydrogen-bond acceptors (Lipinski definition) is 8. The number of anilines is 1. The van der Waals surface area contributed by atoms with E-state index in [0.29, 0.717) is 24.2 Å². The maximum atomic E-state index is 6.26. The molecule has 3 heterocycles. The zero-order valence-corrected chi connectivity index (χ0v) is 17.4. The Kier molecular flexibility index (Phi) is 6.79. The number of nitrogens with one attached hydrogen (secondary N) is 3. The van der Waals surface area contributed by atoms with Crippen molar-refractivity contribution in [3.05, 3.63) is 66.2 Å². The van der Waals surface area contributed by atoms with Crippen molar-refractivity contribution in [1.82, 2.24) is 25.8 Å². The predicted molar refractivity (Wildman–Crippen MR) is 118 cm³/mol. The lowest BCUT2D eigenvalue weighted by atomic mass is 10.1. The van der Waals surface area contributed by atoms with E-state index in [0.717, 1.165) is 42.3 Å². The van der Waals surface area contributed by atoms with E-state index in [1.54, 1.807) is 6.20 Å². The van der Waals surface area contributed by atoms with Crippen molar-refractivity contribution in [3.63, 3.8) is 0 Å². The number of rotatable bonds is 6. The highest BCUT2D eigenvalue weighted by atomic mass is 16.5. The van der Waals surface area contributed by atoms with Crippen LogP contribution in [0.4, 0.5) is 5.82 Å². The van der Waals surface area contributed by atoms with Gasteiger partial charge in [0.1, 0.15) is 18.1 Å². The van der Waals surface area contributed by atoms with Crippen molar-refractivity contribution in [2.24, 2.45) is 5.73 Å². The fourth-order valence-corrected chi connectivity index (χ4v) is 3.13. The lowest BCUT2D eigenvalue weighted by molar-refractivity contribution is 0.0953. The summed E-state index contributed by atoms with van der Waals surface area (Å²) >= 11 is 0. The van der Waals surface area contributed by atoms with Crippen molar-refractivity contribution >= 4 is 11.4 Å². The zero-order valence-electron chi connectivity index (χ0n) is 17.4. The van der Waals surface area contributed by atoms with Gasteiger partial charge in [-0.3, -0.25) is 4.90 Å². The van der Waals surface area contributed by atoms with Gasteiger partial charge < -0.3 is 31.3 Å². The molecule has 0 amide bonds. The van der Waals surface area contributed by atoms with Gasteiger partial charge in [0, 0.05) is 52.3 Å². The fraction of sp³-hybridized carbons (Fsp3) is 0.381. The van der Waals surface area contributed by atoms with Crippen LogP contribution < -0.4 is 26.6 Å². The Morgan fingerprint density at radius 2 is 2.17 bits per heavy atom. The van der Waals surface area contributed by atoms with E-state index in [-0.39, 0.29) is 0 Å². The summed E-state index contributed by atoms with van der Waals surface area (Å²) in [6, 6.07) is 4.26. The molecule has 3 rings (SSSR count). The lowest BCUT2D eigenvalue weighted by Crippen LogP contribution is -2.51. The average molecular weight is 398 g/mol. The largest absolute Gasteiger partial charge is 0.476 e. The number of nitrogens with two attached hydrogens (primary N) is 1. The van der Waals surface area contributed by atoms with Crippen LogP contribution in [0.2, 0.25) is 0 Å². The molecule has 2 aliphatic rings. The van der Waals surface area contributed by atoms with Crippen molar-refractivity contribution < 1.29 is 4.74 Å². The average Bonchev–Trinajstić information content (AvgIpc) is 2.73. The van der Waals surface area contributed by atoms with Crippen molar-refractivity contribution in [2.45, 2.75) is 6.04 Å². The van der Waals surface area contributed by atoms with Crippen LogP contribution in [-0.4, -0.2) is 63.3 Å². The highest BCUT2D eigenvalue weighted by Crippen LogP contribution is 2.20. The molecule has 0 saturated carbocycles. The van der Waals surface area contributed by atoms with Gasteiger partial charge in [-0.25, -0.2) is 4.98 Å². The van der Waals surface area contributed by atoms with Gasteiger partial charge in [0.2, 0.25) is 5.88 Å². The van der Waals surface area contributed by atoms with Gasteiger partial charge in [0.15, 0.2) is 0 Å². The summed E-state index contributed by atoms with van der Waals surface area (Å²) in [7, 11) is 6.03. The minimum atomic E-state index is 0.290. The smallest absolute Gasteiger partial charge is 0.210 e. The molecule has 0 aromatic carbocycles. The van der Waals surface area contributed by atoms with Gasteiger partial charge in [0.05, 0.1) is 11.7 Å². The Morgan fingerprint density at radius 3 is 2.86 bits per heavy atom. The Morgan fingerprint density at radius 1 is 1.38 bits per heavy atom. The summed E-state index contributed by atoms with van der Waals surface area (Å²) in [6.45, 7) is 7.58. The normalized spacial score (nSPS) is 22.6. The zero-order chi connectivity index (χ0) is 20.8. The van der Waals surface area contributed by atoms with Crippen LogP contribution in [0, 0.1) is 0 Å². The van der Waals surface area contributed by atoms with E-state index in [1.807, 2.05) is 49.6 Å². The molecule has 0 radical (unpaired) electrons. The van der Waals surface area contributed by atoms with E-state index in [1.165, 1.54) is 0 Å². The predicted octanol–water partition coefficient (Wildman–Crippen LogP) is 0.757. The molecular formula is C21H31N7O. The van der Waals surface area contributed by atoms with E-state index < -0.39 is 0 Å². The highest BCUT2D eigenvalue weighted by Gasteiger charge is 2.20. The lowest BCUT2D eigenvalue weighted by Gasteiger charge is -2.33. The molecule has 0 bridgehead atoms. The monoisotopic (exact) mass is 397 g/mol. The first-order chi connectivity index (χ1) is 14.0. The summed E-state index contributed by atoms with van der Waals surface area (Å²) in [6.07, 6.45) is 7.34. The first-order valence-corrected chi connectivity index (χ1v) is 9.72. The maximum absolute atomic E-state index is 6.26. The van der Waals surface area contributed by atoms with Gasteiger partial charge in [-0.05, 0) is 36.4 Å². The van der Waals surface area contributed by atoms with Crippen LogP contribution >= 0.6 is 0 Å². The third kappa shape index (κ3) is 5.30. The van der Waals surface area contributed by atoms with Crippen molar-refractivity contribution in [3.8, 4) is 0 Å². The third-order valence-electron chi connectivity index (χ3n) is 5.04. The second kappa shape index (κ2) is 9.49. The van der Waals surface area contributed by atoms with E-state index in [9.17, 15) is 0 Å². The van der Waals surface area contributed by atoms with Crippen LogP contribution in [0.1, 0.15) is 5.56 Å². The molecule has 8 heteroatoms.